The predicted molar refractivity (Wildman–Crippen MR) is 124 cm³/mol. The fourth-order valence-corrected chi connectivity index (χ4v) is 3.49. The Bertz CT molecular complexity index is 814. The van der Waals surface area contributed by atoms with Gasteiger partial charge < -0.3 is 4.74 Å². The second-order valence-corrected chi connectivity index (χ2v) is 7.37. The van der Waals surface area contributed by atoms with Crippen molar-refractivity contribution < 1.29 is 4.74 Å². The standard InChI is InChI=1S/C24H32N2OS/c1-6-14-25-23(7-2)24(22-13-8-10-18(3)19(22)4)20-11-9-12-21(17-20)27-16-15-26-28-5/h7-14,17,24,26H,6,15-16H2,1-5H3/b23-7-,25-14?. The Morgan fingerprint density at radius 1 is 1.21 bits per heavy atom. The molecule has 0 radical (unpaired) electrons. The lowest BCUT2D eigenvalue weighted by Gasteiger charge is -2.22. The molecule has 0 aliphatic rings. The summed E-state index contributed by atoms with van der Waals surface area (Å²) < 4.78 is 9.16. The van der Waals surface area contributed by atoms with Gasteiger partial charge in [0.2, 0.25) is 0 Å². The van der Waals surface area contributed by atoms with Crippen molar-refractivity contribution in [2.75, 3.05) is 19.4 Å². The number of hydrogen-bond donors (Lipinski definition) is 1. The van der Waals surface area contributed by atoms with E-state index >= 15 is 0 Å². The SMILES string of the molecule is C/C=C(\N=CCC)C(c1cccc(OCCNSC)c1)c1cccc(C)c1C. The molecule has 1 unspecified atom stereocenters. The van der Waals surface area contributed by atoms with Crippen LogP contribution in [0.25, 0.3) is 0 Å². The molecule has 0 bridgehead atoms. The van der Waals surface area contributed by atoms with Crippen molar-refractivity contribution in [2.45, 2.75) is 40.0 Å². The van der Waals surface area contributed by atoms with Crippen LogP contribution in [-0.4, -0.2) is 25.6 Å². The number of nitrogens with one attached hydrogen (secondary N) is 1. The highest BCUT2D eigenvalue weighted by Gasteiger charge is 2.21. The Hall–Kier alpha value is -2.04. The average Bonchev–Trinajstić information content (AvgIpc) is 2.71. The highest BCUT2D eigenvalue weighted by molar-refractivity contribution is 7.96. The average molecular weight is 397 g/mol. The molecular formula is C24H32N2OS. The molecule has 0 saturated carbocycles. The second-order valence-electron chi connectivity index (χ2n) is 6.68. The molecule has 1 atom stereocenters. The molecule has 0 saturated heterocycles. The summed E-state index contributed by atoms with van der Waals surface area (Å²) in [6, 6.07) is 14.9. The molecule has 0 aliphatic carbocycles. The fourth-order valence-electron chi connectivity index (χ4n) is 3.21. The van der Waals surface area contributed by atoms with Crippen LogP contribution in [0.5, 0.6) is 5.75 Å². The molecule has 150 valence electrons. The van der Waals surface area contributed by atoms with Crippen LogP contribution in [0, 0.1) is 13.8 Å². The lowest BCUT2D eigenvalue weighted by Crippen LogP contribution is -2.14. The molecule has 0 fully saturated rings. The maximum Gasteiger partial charge on any atom is 0.119 e. The zero-order chi connectivity index (χ0) is 20.4. The van der Waals surface area contributed by atoms with E-state index in [9.17, 15) is 0 Å². The number of benzene rings is 2. The van der Waals surface area contributed by atoms with Crippen LogP contribution in [0.4, 0.5) is 0 Å². The normalized spacial score (nSPS) is 13.1. The summed E-state index contributed by atoms with van der Waals surface area (Å²) in [5, 5.41) is 0. The topological polar surface area (TPSA) is 33.6 Å². The molecule has 0 aliphatic heterocycles. The van der Waals surface area contributed by atoms with Crippen molar-refractivity contribution >= 4 is 18.2 Å². The quantitative estimate of drug-likeness (QED) is 0.301. The first-order valence-electron chi connectivity index (χ1n) is 9.85. The summed E-state index contributed by atoms with van der Waals surface area (Å²) >= 11 is 1.61. The highest BCUT2D eigenvalue weighted by Crippen LogP contribution is 2.36. The molecule has 2 aromatic rings. The zero-order valence-corrected chi connectivity index (χ0v) is 18.5. The fraction of sp³-hybridized carbons (Fsp3) is 0.375. The first-order chi connectivity index (χ1) is 13.6. The Labute approximate surface area is 174 Å². The third-order valence-corrected chi connectivity index (χ3v) is 5.27. The molecule has 4 heteroatoms. The van der Waals surface area contributed by atoms with Gasteiger partial charge in [0.15, 0.2) is 0 Å². The van der Waals surface area contributed by atoms with E-state index in [0.29, 0.717) is 6.61 Å². The molecule has 0 aromatic heterocycles. The van der Waals surface area contributed by atoms with Crippen molar-refractivity contribution in [3.05, 3.63) is 76.5 Å². The van der Waals surface area contributed by atoms with E-state index in [1.165, 1.54) is 22.3 Å². The number of ether oxygens (including phenoxy) is 1. The van der Waals surface area contributed by atoms with E-state index in [2.05, 4.69) is 74.9 Å². The molecule has 0 heterocycles. The van der Waals surface area contributed by atoms with Gasteiger partial charge >= 0.3 is 0 Å². The molecule has 28 heavy (non-hydrogen) atoms. The van der Waals surface area contributed by atoms with Crippen LogP contribution >= 0.6 is 11.9 Å². The monoisotopic (exact) mass is 396 g/mol. The summed E-state index contributed by atoms with van der Waals surface area (Å²) in [6.07, 6.45) is 7.05. The van der Waals surface area contributed by atoms with Gasteiger partial charge in [-0.3, -0.25) is 9.71 Å². The number of allylic oxidation sites excluding steroid dienone is 2. The first kappa shape index (κ1) is 22.3. The van der Waals surface area contributed by atoms with E-state index in [4.69, 9.17) is 9.73 Å². The Kier molecular flexibility index (Phi) is 9.32. The minimum absolute atomic E-state index is 0.0839. The van der Waals surface area contributed by atoms with Crippen LogP contribution < -0.4 is 9.46 Å². The summed E-state index contributed by atoms with van der Waals surface area (Å²) in [7, 11) is 0. The molecule has 2 aromatic carbocycles. The van der Waals surface area contributed by atoms with E-state index in [-0.39, 0.29) is 5.92 Å². The number of aliphatic imine (C=N–C) groups is 1. The summed E-state index contributed by atoms with van der Waals surface area (Å²) in [5.74, 6) is 0.978. The number of hydrogen-bond acceptors (Lipinski definition) is 4. The largest absolute Gasteiger partial charge is 0.492 e. The van der Waals surface area contributed by atoms with Crippen LogP contribution in [0.3, 0.4) is 0 Å². The minimum Gasteiger partial charge on any atom is -0.492 e. The maximum atomic E-state index is 5.95. The minimum atomic E-state index is 0.0839. The van der Waals surface area contributed by atoms with Crippen molar-refractivity contribution in [1.29, 1.82) is 0 Å². The van der Waals surface area contributed by atoms with E-state index in [1.54, 1.807) is 11.9 Å². The van der Waals surface area contributed by atoms with Gasteiger partial charge in [0.05, 0.1) is 5.92 Å². The molecule has 2 rings (SSSR count). The van der Waals surface area contributed by atoms with Crippen LogP contribution in [-0.2, 0) is 0 Å². The third kappa shape index (κ3) is 5.98. The van der Waals surface area contributed by atoms with Gasteiger partial charge in [-0.05, 0) is 67.8 Å². The molecule has 0 amide bonds. The lowest BCUT2D eigenvalue weighted by molar-refractivity contribution is 0.324. The third-order valence-electron chi connectivity index (χ3n) is 4.78. The zero-order valence-electron chi connectivity index (χ0n) is 17.7. The van der Waals surface area contributed by atoms with Crippen LogP contribution in [0.15, 0.2) is 59.2 Å². The lowest BCUT2D eigenvalue weighted by atomic mass is 9.84. The van der Waals surface area contributed by atoms with E-state index < -0.39 is 0 Å². The van der Waals surface area contributed by atoms with E-state index in [1.807, 2.05) is 18.5 Å². The number of rotatable bonds is 10. The Morgan fingerprint density at radius 2 is 2.00 bits per heavy atom. The summed E-state index contributed by atoms with van der Waals surface area (Å²) in [6.45, 7) is 9.99. The molecule has 3 nitrogen and oxygen atoms in total. The van der Waals surface area contributed by atoms with Crippen molar-refractivity contribution in [1.82, 2.24) is 4.72 Å². The molecular weight excluding hydrogens is 364 g/mol. The Morgan fingerprint density at radius 3 is 2.71 bits per heavy atom. The van der Waals surface area contributed by atoms with Gasteiger partial charge in [-0.1, -0.05) is 55.3 Å². The second kappa shape index (κ2) is 11.7. The van der Waals surface area contributed by atoms with Gasteiger partial charge in [0, 0.05) is 18.5 Å². The maximum absolute atomic E-state index is 5.95. The molecule has 1 N–H and O–H groups in total. The van der Waals surface area contributed by atoms with Gasteiger partial charge in [0.1, 0.15) is 12.4 Å². The van der Waals surface area contributed by atoms with Gasteiger partial charge in [0.25, 0.3) is 0 Å². The molecule has 0 spiro atoms. The van der Waals surface area contributed by atoms with Gasteiger partial charge in [-0.2, -0.15) is 0 Å². The van der Waals surface area contributed by atoms with Crippen molar-refractivity contribution in [2.24, 2.45) is 4.99 Å². The van der Waals surface area contributed by atoms with Crippen molar-refractivity contribution in [3.8, 4) is 5.75 Å². The predicted octanol–water partition coefficient (Wildman–Crippen LogP) is 6.07. The first-order valence-corrected chi connectivity index (χ1v) is 11.1. The van der Waals surface area contributed by atoms with E-state index in [0.717, 1.165) is 24.4 Å². The summed E-state index contributed by atoms with van der Waals surface area (Å²) in [4.78, 5) is 4.78. The number of aryl methyl sites for hydroxylation is 1. The van der Waals surface area contributed by atoms with Gasteiger partial charge in [-0.25, -0.2) is 0 Å². The Balaban J connectivity index is 2.44. The van der Waals surface area contributed by atoms with Crippen LogP contribution in [0.2, 0.25) is 0 Å². The smallest absolute Gasteiger partial charge is 0.119 e. The van der Waals surface area contributed by atoms with Crippen molar-refractivity contribution in [3.63, 3.8) is 0 Å². The van der Waals surface area contributed by atoms with Crippen LogP contribution in [0.1, 0.15) is 48.4 Å². The number of nitrogens with zero attached hydrogens (tertiary/aromatic N) is 1. The summed E-state index contributed by atoms with van der Waals surface area (Å²) in [5.41, 5.74) is 6.17. The highest BCUT2D eigenvalue weighted by atomic mass is 32.2. The van der Waals surface area contributed by atoms with Gasteiger partial charge in [-0.15, -0.1) is 0 Å².